The van der Waals surface area contributed by atoms with Gasteiger partial charge in [0.15, 0.2) is 0 Å². The van der Waals surface area contributed by atoms with Crippen LogP contribution < -0.4 is 11.1 Å². The van der Waals surface area contributed by atoms with Gasteiger partial charge in [-0.1, -0.05) is 34.1 Å². The number of nitrogens with one attached hydrogen (secondary N) is 1. The molecule has 0 aliphatic rings. The molecule has 1 amide bonds. The minimum Gasteiger partial charge on any atom is -0.396 e. The Hall–Kier alpha value is -1.82. The summed E-state index contributed by atoms with van der Waals surface area (Å²) in [5, 5.41) is 6.87. The number of aromatic nitrogens is 2. The number of carbonyl (C=O) groups is 1. The number of hydrogen-bond acceptors (Lipinski definition) is 3. The second-order valence-corrected chi connectivity index (χ2v) is 5.14. The van der Waals surface area contributed by atoms with Gasteiger partial charge in [0.2, 0.25) is 0 Å². The van der Waals surface area contributed by atoms with E-state index >= 15 is 0 Å². The highest BCUT2D eigenvalue weighted by Crippen LogP contribution is 2.23. The standard InChI is InChI=1S/C13H15BrN4O/c1-8(9-5-3-4-6-10(9)14)17-13(19)12-11(15)7-16-18(12)2/h3-8H,15H2,1-2H3,(H,17,19). The lowest BCUT2D eigenvalue weighted by atomic mass is 10.1. The molecule has 2 aromatic rings. The third kappa shape index (κ3) is 2.78. The van der Waals surface area contributed by atoms with E-state index in [0.29, 0.717) is 11.4 Å². The van der Waals surface area contributed by atoms with Gasteiger partial charge in [0.25, 0.3) is 5.91 Å². The van der Waals surface area contributed by atoms with E-state index < -0.39 is 0 Å². The highest BCUT2D eigenvalue weighted by molar-refractivity contribution is 9.10. The molecule has 0 aliphatic heterocycles. The lowest BCUT2D eigenvalue weighted by molar-refractivity contribution is 0.0931. The Balaban J connectivity index is 2.18. The van der Waals surface area contributed by atoms with Gasteiger partial charge in [-0.2, -0.15) is 5.10 Å². The molecular weight excluding hydrogens is 308 g/mol. The molecule has 1 aromatic carbocycles. The molecule has 3 N–H and O–H groups in total. The molecule has 0 spiro atoms. The van der Waals surface area contributed by atoms with Crippen LogP contribution in [0.1, 0.15) is 29.0 Å². The molecule has 1 atom stereocenters. The van der Waals surface area contributed by atoms with E-state index in [1.54, 1.807) is 7.05 Å². The number of nitrogen functional groups attached to an aromatic ring is 1. The van der Waals surface area contributed by atoms with E-state index in [9.17, 15) is 4.79 Å². The number of nitrogens with zero attached hydrogens (tertiary/aromatic N) is 2. The van der Waals surface area contributed by atoms with Gasteiger partial charge in [-0.15, -0.1) is 0 Å². The van der Waals surface area contributed by atoms with Crippen molar-refractivity contribution in [1.29, 1.82) is 0 Å². The number of hydrogen-bond donors (Lipinski definition) is 2. The maximum Gasteiger partial charge on any atom is 0.272 e. The van der Waals surface area contributed by atoms with E-state index in [-0.39, 0.29) is 11.9 Å². The quantitative estimate of drug-likeness (QED) is 0.910. The number of halogens is 1. The zero-order chi connectivity index (χ0) is 14.0. The first-order valence-corrected chi connectivity index (χ1v) is 6.62. The van der Waals surface area contributed by atoms with Crippen LogP contribution in [0.2, 0.25) is 0 Å². The van der Waals surface area contributed by atoms with Crippen LogP contribution in [-0.4, -0.2) is 15.7 Å². The average Bonchev–Trinajstić information content (AvgIpc) is 2.69. The number of nitrogens with two attached hydrogens (primary N) is 1. The van der Waals surface area contributed by atoms with Crippen molar-refractivity contribution < 1.29 is 4.79 Å². The van der Waals surface area contributed by atoms with Crippen molar-refractivity contribution in [2.75, 3.05) is 5.73 Å². The molecule has 1 unspecified atom stereocenters. The highest BCUT2D eigenvalue weighted by Gasteiger charge is 2.18. The van der Waals surface area contributed by atoms with Crippen LogP contribution in [0.4, 0.5) is 5.69 Å². The summed E-state index contributed by atoms with van der Waals surface area (Å²) in [4.78, 5) is 12.2. The van der Waals surface area contributed by atoms with Crippen molar-refractivity contribution >= 4 is 27.5 Å². The summed E-state index contributed by atoms with van der Waals surface area (Å²) >= 11 is 3.47. The van der Waals surface area contributed by atoms with E-state index in [2.05, 4.69) is 26.3 Å². The molecular formula is C13H15BrN4O. The molecule has 100 valence electrons. The van der Waals surface area contributed by atoms with Gasteiger partial charge in [-0.25, -0.2) is 0 Å². The first kappa shape index (κ1) is 13.6. The Morgan fingerprint density at radius 1 is 1.47 bits per heavy atom. The molecule has 5 nitrogen and oxygen atoms in total. The number of benzene rings is 1. The molecule has 0 radical (unpaired) electrons. The normalized spacial score (nSPS) is 12.2. The summed E-state index contributed by atoms with van der Waals surface area (Å²) in [6.45, 7) is 1.92. The summed E-state index contributed by atoms with van der Waals surface area (Å²) in [5.41, 5.74) is 7.49. The SMILES string of the molecule is CC(NC(=O)c1c(N)cnn1C)c1ccccc1Br. The van der Waals surface area contributed by atoms with Crippen LogP contribution >= 0.6 is 15.9 Å². The summed E-state index contributed by atoms with van der Waals surface area (Å²) in [6.07, 6.45) is 1.47. The molecule has 1 aromatic heterocycles. The Labute approximate surface area is 119 Å². The largest absolute Gasteiger partial charge is 0.396 e. The van der Waals surface area contributed by atoms with E-state index in [0.717, 1.165) is 10.0 Å². The van der Waals surface area contributed by atoms with Gasteiger partial charge < -0.3 is 11.1 Å². The van der Waals surface area contributed by atoms with Gasteiger partial charge in [-0.3, -0.25) is 9.48 Å². The van der Waals surface area contributed by atoms with E-state index in [1.165, 1.54) is 10.9 Å². The average molecular weight is 323 g/mol. The Kier molecular flexibility index (Phi) is 3.90. The van der Waals surface area contributed by atoms with Crippen LogP contribution in [0.25, 0.3) is 0 Å². The molecule has 0 saturated heterocycles. The topological polar surface area (TPSA) is 72.9 Å². The van der Waals surface area contributed by atoms with Crippen LogP contribution in [0.15, 0.2) is 34.9 Å². The smallest absolute Gasteiger partial charge is 0.272 e. The summed E-state index contributed by atoms with van der Waals surface area (Å²) in [6, 6.07) is 7.64. The molecule has 1 heterocycles. The summed E-state index contributed by atoms with van der Waals surface area (Å²) in [7, 11) is 1.69. The Morgan fingerprint density at radius 3 is 2.74 bits per heavy atom. The first-order valence-electron chi connectivity index (χ1n) is 5.83. The van der Waals surface area contributed by atoms with Crippen molar-refractivity contribution in [2.45, 2.75) is 13.0 Å². The Bertz CT molecular complexity index is 589. The third-order valence-electron chi connectivity index (χ3n) is 2.90. The molecule has 6 heteroatoms. The second kappa shape index (κ2) is 5.44. The van der Waals surface area contributed by atoms with Crippen molar-refractivity contribution in [2.24, 2.45) is 7.05 Å². The zero-order valence-electron chi connectivity index (χ0n) is 10.7. The fraction of sp³-hybridized carbons (Fsp3) is 0.231. The number of anilines is 1. The van der Waals surface area contributed by atoms with Crippen LogP contribution in [0, 0.1) is 0 Å². The van der Waals surface area contributed by atoms with Crippen molar-refractivity contribution in [1.82, 2.24) is 15.1 Å². The Morgan fingerprint density at radius 2 is 2.16 bits per heavy atom. The number of amides is 1. The summed E-state index contributed by atoms with van der Waals surface area (Å²) < 4.78 is 2.43. The summed E-state index contributed by atoms with van der Waals surface area (Å²) in [5.74, 6) is -0.235. The predicted octanol–water partition coefficient (Wildman–Crippen LogP) is 2.26. The van der Waals surface area contributed by atoms with Crippen molar-refractivity contribution in [3.8, 4) is 0 Å². The second-order valence-electron chi connectivity index (χ2n) is 4.29. The zero-order valence-corrected chi connectivity index (χ0v) is 12.3. The molecule has 0 fully saturated rings. The van der Waals surface area contributed by atoms with Crippen LogP contribution in [-0.2, 0) is 7.05 Å². The van der Waals surface area contributed by atoms with Crippen molar-refractivity contribution in [3.63, 3.8) is 0 Å². The highest BCUT2D eigenvalue weighted by atomic mass is 79.9. The van der Waals surface area contributed by atoms with Gasteiger partial charge >= 0.3 is 0 Å². The molecule has 0 aliphatic carbocycles. The third-order valence-corrected chi connectivity index (χ3v) is 3.62. The lowest BCUT2D eigenvalue weighted by Crippen LogP contribution is -2.29. The molecule has 0 bridgehead atoms. The van der Waals surface area contributed by atoms with Crippen molar-refractivity contribution in [3.05, 3.63) is 46.2 Å². The fourth-order valence-corrected chi connectivity index (χ4v) is 2.53. The maximum atomic E-state index is 12.2. The van der Waals surface area contributed by atoms with Gasteiger partial charge in [0.1, 0.15) is 5.69 Å². The fourth-order valence-electron chi connectivity index (χ4n) is 1.90. The predicted molar refractivity (Wildman–Crippen MR) is 77.6 cm³/mol. The minimum absolute atomic E-state index is 0.127. The maximum absolute atomic E-state index is 12.2. The minimum atomic E-state index is -0.235. The van der Waals surface area contributed by atoms with Gasteiger partial charge in [0, 0.05) is 11.5 Å². The molecule has 2 rings (SSSR count). The van der Waals surface area contributed by atoms with Crippen LogP contribution in [0.3, 0.4) is 0 Å². The first-order chi connectivity index (χ1) is 9.00. The number of rotatable bonds is 3. The van der Waals surface area contributed by atoms with E-state index in [4.69, 9.17) is 5.73 Å². The lowest BCUT2D eigenvalue weighted by Gasteiger charge is -2.16. The number of carbonyl (C=O) groups excluding carboxylic acids is 1. The monoisotopic (exact) mass is 322 g/mol. The number of aryl methyl sites for hydroxylation is 1. The molecule has 19 heavy (non-hydrogen) atoms. The van der Waals surface area contributed by atoms with E-state index in [1.807, 2.05) is 31.2 Å². The van der Waals surface area contributed by atoms with Crippen LogP contribution in [0.5, 0.6) is 0 Å². The van der Waals surface area contributed by atoms with Gasteiger partial charge in [0.05, 0.1) is 17.9 Å². The van der Waals surface area contributed by atoms with Gasteiger partial charge in [-0.05, 0) is 18.6 Å². The molecule has 0 saturated carbocycles.